The van der Waals surface area contributed by atoms with Crippen molar-refractivity contribution in [1.82, 2.24) is 14.5 Å². The fourth-order valence-electron chi connectivity index (χ4n) is 3.37. The average Bonchev–Trinajstić information content (AvgIpc) is 3.02. The van der Waals surface area contributed by atoms with Crippen molar-refractivity contribution >= 4 is 10.0 Å². The summed E-state index contributed by atoms with van der Waals surface area (Å²) in [6.07, 6.45) is 4.94. The number of aromatic nitrogens is 2. The summed E-state index contributed by atoms with van der Waals surface area (Å²) in [5.74, 6) is 0.727. The Bertz CT molecular complexity index is 872. The highest BCUT2D eigenvalue weighted by molar-refractivity contribution is 7.89. The van der Waals surface area contributed by atoms with E-state index in [9.17, 15) is 13.5 Å². The lowest BCUT2D eigenvalue weighted by Crippen LogP contribution is -2.41. The summed E-state index contributed by atoms with van der Waals surface area (Å²) in [7, 11) is -0.355. The summed E-state index contributed by atoms with van der Waals surface area (Å²) in [6, 6.07) is 4.47. The Morgan fingerprint density at radius 3 is 2.69 bits per heavy atom. The molecule has 8 heteroatoms. The van der Waals surface area contributed by atoms with Crippen LogP contribution in [0.1, 0.15) is 36.9 Å². The summed E-state index contributed by atoms with van der Waals surface area (Å²) in [5.41, 5.74) is 1.64. The lowest BCUT2D eigenvalue weighted by atomic mass is 9.76. The van der Waals surface area contributed by atoms with Gasteiger partial charge in [-0.3, -0.25) is 4.68 Å². The summed E-state index contributed by atoms with van der Waals surface area (Å²) in [6.45, 7) is 1.95. The molecule has 1 heterocycles. The molecule has 2 N–H and O–H groups in total. The highest BCUT2D eigenvalue weighted by atomic mass is 32.2. The molecule has 0 radical (unpaired) electrons. The molecule has 0 saturated heterocycles. The number of methoxy groups -OCH3 is 1. The van der Waals surface area contributed by atoms with E-state index in [1.807, 2.05) is 13.1 Å². The third-order valence-corrected chi connectivity index (χ3v) is 6.37. The predicted octanol–water partition coefficient (Wildman–Crippen LogP) is 1.78. The molecule has 1 saturated carbocycles. The molecule has 0 aliphatic heterocycles. The molecule has 1 aromatic carbocycles. The molecule has 7 nitrogen and oxygen atoms in total. The minimum absolute atomic E-state index is 0.0490. The van der Waals surface area contributed by atoms with Gasteiger partial charge in [0.1, 0.15) is 5.75 Å². The molecular formula is C18H25N3O4S. The van der Waals surface area contributed by atoms with Crippen LogP contribution in [-0.4, -0.2) is 36.5 Å². The zero-order chi connectivity index (χ0) is 18.9. The van der Waals surface area contributed by atoms with Crippen molar-refractivity contribution in [2.24, 2.45) is 13.0 Å². The molecule has 0 amide bonds. The van der Waals surface area contributed by atoms with Crippen molar-refractivity contribution in [2.45, 2.75) is 43.2 Å². The molecule has 0 spiro atoms. The Morgan fingerprint density at radius 1 is 1.42 bits per heavy atom. The largest absolute Gasteiger partial charge is 0.496 e. The minimum atomic E-state index is -3.72. The molecule has 0 bridgehead atoms. The fourth-order valence-corrected chi connectivity index (χ4v) is 4.72. The van der Waals surface area contributed by atoms with Crippen molar-refractivity contribution in [3.05, 3.63) is 41.7 Å². The Kier molecular flexibility index (Phi) is 5.36. The second-order valence-corrected chi connectivity index (χ2v) is 8.47. The number of aliphatic hydroxyl groups is 1. The van der Waals surface area contributed by atoms with Gasteiger partial charge < -0.3 is 9.84 Å². The lowest BCUT2D eigenvalue weighted by Gasteiger charge is -2.37. The number of hydrogen-bond acceptors (Lipinski definition) is 5. The molecule has 1 aromatic heterocycles. The summed E-state index contributed by atoms with van der Waals surface area (Å²) in [5, 5.41) is 13.8. The molecule has 2 aromatic rings. The summed E-state index contributed by atoms with van der Waals surface area (Å²) < 4.78 is 35.7. The highest BCUT2D eigenvalue weighted by Crippen LogP contribution is 2.39. The molecule has 0 unspecified atom stereocenters. The number of ether oxygens (including phenoxy) is 1. The van der Waals surface area contributed by atoms with Crippen molar-refractivity contribution in [3.63, 3.8) is 0 Å². The Labute approximate surface area is 154 Å². The third kappa shape index (κ3) is 3.77. The molecule has 1 fully saturated rings. The Hall–Kier alpha value is -1.90. The van der Waals surface area contributed by atoms with Crippen LogP contribution in [0.3, 0.4) is 0 Å². The van der Waals surface area contributed by atoms with Crippen LogP contribution in [0.25, 0.3) is 0 Å². The Morgan fingerprint density at radius 2 is 2.15 bits per heavy atom. The number of nitrogens with one attached hydrogen (secondary N) is 1. The van der Waals surface area contributed by atoms with E-state index >= 15 is 0 Å². The van der Waals surface area contributed by atoms with Gasteiger partial charge in [0, 0.05) is 18.8 Å². The van der Waals surface area contributed by atoms with Gasteiger partial charge in [-0.1, -0.05) is 6.92 Å². The van der Waals surface area contributed by atoms with E-state index in [0.717, 1.165) is 11.1 Å². The zero-order valence-electron chi connectivity index (χ0n) is 15.2. The topological polar surface area (TPSA) is 93.5 Å². The second-order valence-electron chi connectivity index (χ2n) is 6.76. The van der Waals surface area contributed by atoms with Crippen molar-refractivity contribution < 1.29 is 18.3 Å². The maximum absolute atomic E-state index is 13.0. The first-order valence-corrected chi connectivity index (χ1v) is 10.2. The summed E-state index contributed by atoms with van der Waals surface area (Å²) >= 11 is 0. The van der Waals surface area contributed by atoms with Crippen molar-refractivity contribution in [3.8, 4) is 5.75 Å². The van der Waals surface area contributed by atoms with Crippen molar-refractivity contribution in [1.29, 1.82) is 0 Å². The first kappa shape index (κ1) is 18.9. The maximum Gasteiger partial charge on any atom is 0.241 e. The fraction of sp³-hybridized carbons (Fsp3) is 0.500. The van der Waals surface area contributed by atoms with E-state index in [-0.39, 0.29) is 16.9 Å². The maximum atomic E-state index is 13.0. The molecule has 1 aliphatic carbocycles. The van der Waals surface area contributed by atoms with E-state index in [0.29, 0.717) is 25.0 Å². The van der Waals surface area contributed by atoms with Crippen LogP contribution in [-0.2, 0) is 23.5 Å². The Balaban J connectivity index is 1.90. The van der Waals surface area contributed by atoms with Gasteiger partial charge in [0.05, 0.1) is 30.3 Å². The van der Waals surface area contributed by atoms with Crippen LogP contribution in [0.2, 0.25) is 0 Å². The number of nitrogens with zero attached hydrogens (tertiary/aromatic N) is 2. The van der Waals surface area contributed by atoms with Crippen LogP contribution in [0.4, 0.5) is 0 Å². The molecule has 142 valence electrons. The predicted molar refractivity (Wildman–Crippen MR) is 97.4 cm³/mol. The molecule has 1 atom stereocenters. The van der Waals surface area contributed by atoms with E-state index in [2.05, 4.69) is 9.82 Å². The van der Waals surface area contributed by atoms with Gasteiger partial charge in [-0.2, -0.15) is 5.10 Å². The monoisotopic (exact) mass is 379 g/mol. The molecular weight excluding hydrogens is 354 g/mol. The van der Waals surface area contributed by atoms with Gasteiger partial charge in [0.2, 0.25) is 10.0 Å². The SMILES string of the molecule is CCc1cc(S(=O)(=O)N[C@H](c2cnn(C)c2)C2CC(O)C2)ccc1OC. The smallest absolute Gasteiger partial charge is 0.241 e. The van der Waals surface area contributed by atoms with E-state index in [1.54, 1.807) is 43.2 Å². The number of aryl methyl sites for hydroxylation is 2. The number of rotatable bonds is 7. The van der Waals surface area contributed by atoms with E-state index < -0.39 is 16.1 Å². The first-order valence-electron chi connectivity index (χ1n) is 8.70. The van der Waals surface area contributed by atoms with Crippen LogP contribution in [0, 0.1) is 5.92 Å². The van der Waals surface area contributed by atoms with Crippen LogP contribution >= 0.6 is 0 Å². The first-order chi connectivity index (χ1) is 12.3. The van der Waals surface area contributed by atoms with Crippen LogP contribution in [0.5, 0.6) is 5.75 Å². The summed E-state index contributed by atoms with van der Waals surface area (Å²) in [4.78, 5) is 0.212. The van der Waals surface area contributed by atoms with E-state index in [1.165, 1.54) is 0 Å². The zero-order valence-corrected chi connectivity index (χ0v) is 16.0. The molecule has 1 aliphatic rings. The minimum Gasteiger partial charge on any atom is -0.496 e. The average molecular weight is 379 g/mol. The van der Waals surface area contributed by atoms with Crippen molar-refractivity contribution in [2.75, 3.05) is 7.11 Å². The number of sulfonamides is 1. The highest BCUT2D eigenvalue weighted by Gasteiger charge is 2.37. The third-order valence-electron chi connectivity index (χ3n) is 4.93. The van der Waals surface area contributed by atoms with Gasteiger partial charge in [0.25, 0.3) is 0 Å². The van der Waals surface area contributed by atoms with Gasteiger partial charge in [-0.25, -0.2) is 13.1 Å². The molecule has 26 heavy (non-hydrogen) atoms. The van der Waals surface area contributed by atoms with Gasteiger partial charge in [-0.05, 0) is 48.9 Å². The second kappa shape index (κ2) is 7.38. The lowest BCUT2D eigenvalue weighted by molar-refractivity contribution is 0.0280. The van der Waals surface area contributed by atoms with Gasteiger partial charge in [0.15, 0.2) is 0 Å². The van der Waals surface area contributed by atoms with Crippen LogP contribution < -0.4 is 9.46 Å². The molecule has 3 rings (SSSR count). The standard InChI is InChI=1S/C18H25N3O4S/c1-4-12-9-16(5-6-17(12)25-3)26(23,24)20-18(13-7-15(22)8-13)14-10-19-21(2)11-14/h5-6,9-11,13,15,18,20,22H,4,7-8H2,1-3H3/t13?,15?,18-/m0/s1. The normalized spacial score (nSPS) is 21.2. The van der Waals surface area contributed by atoms with Gasteiger partial charge >= 0.3 is 0 Å². The number of benzene rings is 1. The quantitative estimate of drug-likeness (QED) is 0.765. The van der Waals surface area contributed by atoms with Gasteiger partial charge in [-0.15, -0.1) is 0 Å². The van der Waals surface area contributed by atoms with Crippen LogP contribution in [0.15, 0.2) is 35.5 Å². The van der Waals surface area contributed by atoms with E-state index in [4.69, 9.17) is 4.74 Å². The number of hydrogen-bond donors (Lipinski definition) is 2. The number of aliphatic hydroxyl groups excluding tert-OH is 1.